The Kier molecular flexibility index (Phi) is 5.31. The number of likely N-dealkylation sites (N-methyl/N-ethyl adjacent to an activating group) is 1. The molecule has 0 radical (unpaired) electrons. The lowest BCUT2D eigenvalue weighted by atomic mass is 10.1. The lowest BCUT2D eigenvalue weighted by Gasteiger charge is -2.34. The number of benzene rings is 1. The van der Waals surface area contributed by atoms with Gasteiger partial charge in [0.15, 0.2) is 0 Å². The summed E-state index contributed by atoms with van der Waals surface area (Å²) in [6, 6.07) is 4.67. The van der Waals surface area contributed by atoms with Crippen LogP contribution in [0.3, 0.4) is 0 Å². The third kappa shape index (κ3) is 3.12. The number of hydrogen-bond acceptors (Lipinski definition) is 3. The minimum atomic E-state index is -3.61. The molecule has 0 aromatic heterocycles. The summed E-state index contributed by atoms with van der Waals surface area (Å²) in [5, 5.41) is 3.41. The van der Waals surface area contributed by atoms with Crippen molar-refractivity contribution in [3.8, 4) is 0 Å². The van der Waals surface area contributed by atoms with Crippen LogP contribution in [0.4, 0.5) is 0 Å². The maximum Gasteiger partial charge on any atom is 0.244 e. The first-order chi connectivity index (χ1) is 9.48. The largest absolute Gasteiger partial charge is 0.318 e. The molecule has 4 nitrogen and oxygen atoms in total. The zero-order chi connectivity index (χ0) is 14.8. The Balaban J connectivity index is 2.40. The monoisotopic (exact) mass is 336 g/mol. The van der Waals surface area contributed by atoms with Crippen LogP contribution in [0, 0.1) is 0 Å². The van der Waals surface area contributed by atoms with Gasteiger partial charge in [-0.3, -0.25) is 0 Å². The summed E-state index contributed by atoms with van der Waals surface area (Å²) in [6.45, 7) is 1.16. The second kappa shape index (κ2) is 6.62. The maximum atomic E-state index is 12.8. The van der Waals surface area contributed by atoms with E-state index in [1.165, 1.54) is 6.07 Å². The molecule has 1 aliphatic heterocycles. The molecule has 1 saturated heterocycles. The second-order valence-corrected chi connectivity index (χ2v) is 7.52. The lowest BCUT2D eigenvalue weighted by molar-refractivity contribution is 0.249. The van der Waals surface area contributed by atoms with Gasteiger partial charge in [-0.25, -0.2) is 8.42 Å². The first-order valence-electron chi connectivity index (χ1n) is 6.59. The summed E-state index contributed by atoms with van der Waals surface area (Å²) in [7, 11) is -1.78. The third-order valence-corrected chi connectivity index (χ3v) is 6.44. The van der Waals surface area contributed by atoms with Gasteiger partial charge in [0, 0.05) is 19.1 Å². The Labute approximate surface area is 130 Å². The molecular weight excluding hydrogens is 319 g/mol. The van der Waals surface area contributed by atoms with Crippen molar-refractivity contribution in [1.82, 2.24) is 9.62 Å². The molecule has 1 aromatic rings. The minimum absolute atomic E-state index is 0.0335. The molecule has 0 saturated carbocycles. The molecule has 1 atom stereocenters. The predicted molar refractivity (Wildman–Crippen MR) is 81.9 cm³/mol. The molecule has 0 amide bonds. The molecule has 1 unspecified atom stereocenters. The highest BCUT2D eigenvalue weighted by Crippen LogP contribution is 2.33. The SMILES string of the molecule is CNCC1CCCCN1S(=O)(=O)c1cccc(Cl)c1Cl. The Hall–Kier alpha value is -0.330. The van der Waals surface area contributed by atoms with Gasteiger partial charge < -0.3 is 5.32 Å². The summed E-state index contributed by atoms with van der Waals surface area (Å²) in [5.74, 6) is 0. The zero-order valence-corrected chi connectivity index (χ0v) is 13.6. The lowest BCUT2D eigenvalue weighted by Crippen LogP contribution is -2.47. The van der Waals surface area contributed by atoms with Gasteiger partial charge in [0.1, 0.15) is 4.90 Å². The van der Waals surface area contributed by atoms with Crippen LogP contribution >= 0.6 is 23.2 Å². The average Bonchev–Trinajstić information content (AvgIpc) is 2.42. The van der Waals surface area contributed by atoms with Crippen molar-refractivity contribution in [2.45, 2.75) is 30.2 Å². The second-order valence-electron chi connectivity index (χ2n) is 4.87. The maximum absolute atomic E-state index is 12.8. The number of nitrogens with zero attached hydrogens (tertiary/aromatic N) is 1. The van der Waals surface area contributed by atoms with Crippen molar-refractivity contribution >= 4 is 33.2 Å². The van der Waals surface area contributed by atoms with Gasteiger partial charge >= 0.3 is 0 Å². The van der Waals surface area contributed by atoms with Crippen LogP contribution in [0.5, 0.6) is 0 Å². The fraction of sp³-hybridized carbons (Fsp3) is 0.538. The van der Waals surface area contributed by atoms with Crippen LogP contribution in [0.25, 0.3) is 0 Å². The van der Waals surface area contributed by atoms with E-state index in [1.807, 2.05) is 7.05 Å². The van der Waals surface area contributed by atoms with Gasteiger partial charge in [-0.1, -0.05) is 35.7 Å². The Morgan fingerprint density at radius 3 is 2.80 bits per heavy atom. The van der Waals surface area contributed by atoms with Crippen LogP contribution in [0.2, 0.25) is 10.0 Å². The first-order valence-corrected chi connectivity index (χ1v) is 8.78. The highest BCUT2D eigenvalue weighted by molar-refractivity contribution is 7.89. The number of rotatable bonds is 4. The van der Waals surface area contributed by atoms with E-state index in [0.29, 0.717) is 13.1 Å². The van der Waals surface area contributed by atoms with E-state index in [2.05, 4.69) is 5.32 Å². The molecule has 20 heavy (non-hydrogen) atoms. The molecule has 1 heterocycles. The van der Waals surface area contributed by atoms with Crippen molar-refractivity contribution in [3.05, 3.63) is 28.2 Å². The molecule has 1 aromatic carbocycles. The average molecular weight is 337 g/mol. The molecule has 1 aliphatic rings. The van der Waals surface area contributed by atoms with Gasteiger partial charge in [0.25, 0.3) is 0 Å². The summed E-state index contributed by atoms with van der Waals surface area (Å²) in [5.41, 5.74) is 0. The minimum Gasteiger partial charge on any atom is -0.318 e. The zero-order valence-electron chi connectivity index (χ0n) is 11.3. The third-order valence-electron chi connectivity index (χ3n) is 3.52. The Bertz CT molecular complexity index is 576. The standard InChI is InChI=1S/C13H18Cl2N2O2S/c1-16-9-10-5-2-3-8-17(10)20(18,19)12-7-4-6-11(14)13(12)15/h4,6-7,10,16H,2-3,5,8-9H2,1H3. The van der Waals surface area contributed by atoms with Crippen molar-refractivity contribution in [2.75, 3.05) is 20.1 Å². The summed E-state index contributed by atoms with van der Waals surface area (Å²) in [4.78, 5) is 0.0923. The van der Waals surface area contributed by atoms with Gasteiger partial charge in [-0.2, -0.15) is 4.31 Å². The molecule has 0 aliphatic carbocycles. The van der Waals surface area contributed by atoms with Crippen LogP contribution < -0.4 is 5.32 Å². The molecule has 1 fully saturated rings. The van der Waals surface area contributed by atoms with E-state index in [4.69, 9.17) is 23.2 Å². The fourth-order valence-corrected chi connectivity index (χ4v) is 4.97. The molecule has 0 bridgehead atoms. The van der Waals surface area contributed by atoms with Gasteiger partial charge in [0.05, 0.1) is 10.0 Å². The quantitative estimate of drug-likeness (QED) is 0.919. The van der Waals surface area contributed by atoms with Crippen LogP contribution in [0.1, 0.15) is 19.3 Å². The normalized spacial score (nSPS) is 21.1. The molecule has 112 valence electrons. The van der Waals surface area contributed by atoms with Crippen molar-refractivity contribution in [3.63, 3.8) is 0 Å². The first kappa shape index (κ1) is 16.0. The Morgan fingerprint density at radius 1 is 1.35 bits per heavy atom. The van der Waals surface area contributed by atoms with Crippen molar-refractivity contribution < 1.29 is 8.42 Å². The van der Waals surface area contributed by atoms with Crippen LogP contribution in [-0.2, 0) is 10.0 Å². The molecule has 7 heteroatoms. The highest BCUT2D eigenvalue weighted by Gasteiger charge is 2.34. The number of hydrogen-bond donors (Lipinski definition) is 1. The number of nitrogens with one attached hydrogen (secondary N) is 1. The highest BCUT2D eigenvalue weighted by atomic mass is 35.5. The van der Waals surface area contributed by atoms with Crippen LogP contribution in [-0.4, -0.2) is 38.9 Å². The number of halogens is 2. The molecular formula is C13H18Cl2N2O2S. The van der Waals surface area contributed by atoms with Gasteiger partial charge in [-0.15, -0.1) is 0 Å². The van der Waals surface area contributed by atoms with Gasteiger partial charge in [-0.05, 0) is 32.0 Å². The van der Waals surface area contributed by atoms with E-state index in [0.717, 1.165) is 19.3 Å². The summed E-state index contributed by atoms with van der Waals surface area (Å²) < 4.78 is 27.1. The van der Waals surface area contributed by atoms with E-state index in [-0.39, 0.29) is 21.0 Å². The summed E-state index contributed by atoms with van der Waals surface area (Å²) >= 11 is 12.0. The molecule has 1 N–H and O–H groups in total. The van der Waals surface area contributed by atoms with E-state index >= 15 is 0 Å². The van der Waals surface area contributed by atoms with E-state index < -0.39 is 10.0 Å². The van der Waals surface area contributed by atoms with E-state index in [9.17, 15) is 8.42 Å². The fourth-order valence-electron chi connectivity index (χ4n) is 2.54. The smallest absolute Gasteiger partial charge is 0.244 e. The molecule has 2 rings (SSSR count). The van der Waals surface area contributed by atoms with Crippen molar-refractivity contribution in [1.29, 1.82) is 0 Å². The van der Waals surface area contributed by atoms with E-state index in [1.54, 1.807) is 16.4 Å². The van der Waals surface area contributed by atoms with Crippen LogP contribution in [0.15, 0.2) is 23.1 Å². The molecule has 0 spiro atoms. The number of piperidine rings is 1. The number of sulfonamides is 1. The summed E-state index contributed by atoms with van der Waals surface area (Å²) in [6.07, 6.45) is 2.78. The van der Waals surface area contributed by atoms with Crippen molar-refractivity contribution in [2.24, 2.45) is 0 Å². The van der Waals surface area contributed by atoms with Gasteiger partial charge in [0.2, 0.25) is 10.0 Å². The predicted octanol–water partition coefficient (Wildman–Crippen LogP) is 2.76. The Morgan fingerprint density at radius 2 is 2.10 bits per heavy atom. The topological polar surface area (TPSA) is 49.4 Å².